The number of aryl methyl sites for hydroxylation is 1. The van der Waals surface area contributed by atoms with Crippen LogP contribution in [-0.4, -0.2) is 78.0 Å². The molecule has 0 bridgehead atoms. The number of nitrogens with one attached hydrogen (secondary N) is 3. The second-order valence-electron chi connectivity index (χ2n) is 16.3. The lowest BCUT2D eigenvalue weighted by Crippen LogP contribution is -2.46. The average molecular weight is 870 g/mol. The van der Waals surface area contributed by atoms with E-state index in [-0.39, 0.29) is 54.1 Å². The van der Waals surface area contributed by atoms with E-state index in [0.717, 1.165) is 35.8 Å². The molecule has 1 saturated carbocycles. The highest BCUT2D eigenvalue weighted by molar-refractivity contribution is 6.31. The molecule has 0 aromatic heterocycles. The van der Waals surface area contributed by atoms with E-state index in [1.165, 1.54) is 18.0 Å². The number of nitrogens with zero attached hydrogens (tertiary/aromatic N) is 2. The highest BCUT2D eigenvalue weighted by Gasteiger charge is 2.48. The first kappa shape index (κ1) is 43.9. The number of likely N-dealkylation sites (tertiary alicyclic amines) is 1. The van der Waals surface area contributed by atoms with Gasteiger partial charge in [-0.1, -0.05) is 65.7 Å². The Morgan fingerprint density at radius 3 is 2.48 bits per heavy atom. The first-order valence-electron chi connectivity index (χ1n) is 20.9. The largest absolute Gasteiger partial charge is 0.357 e. The number of hydrogen-bond donors (Lipinski definition) is 4. The van der Waals surface area contributed by atoms with Crippen LogP contribution >= 0.6 is 23.2 Å². The molecule has 0 spiro atoms. The van der Waals surface area contributed by atoms with E-state index in [1.54, 1.807) is 54.6 Å². The molecule has 5 N–H and O–H groups in total. The SMILES string of the molecule is CNC(=O)C(CCC=O)N1Cc2c(CCCNC(=O)c3ccc(C(N)C[C@H]4CC(c5cccc(Cl)c5F)C(C(=O)Nc5cccc(Cl)c5)N4CC4CC4)cc3)cccc2C1=O. The van der Waals surface area contributed by atoms with Crippen molar-refractivity contribution >= 4 is 58.8 Å². The predicted molar refractivity (Wildman–Crippen MR) is 234 cm³/mol. The van der Waals surface area contributed by atoms with E-state index < -0.39 is 29.9 Å². The van der Waals surface area contributed by atoms with E-state index in [2.05, 4.69) is 20.9 Å². The van der Waals surface area contributed by atoms with Gasteiger partial charge in [-0.25, -0.2) is 4.39 Å². The van der Waals surface area contributed by atoms with Gasteiger partial charge in [0.1, 0.15) is 18.1 Å². The number of amides is 4. The number of halogens is 3. The zero-order chi connectivity index (χ0) is 43.2. The monoisotopic (exact) mass is 868 g/mol. The van der Waals surface area contributed by atoms with Crippen molar-refractivity contribution in [2.75, 3.05) is 25.5 Å². The molecule has 4 aromatic carbocycles. The van der Waals surface area contributed by atoms with Gasteiger partial charge in [0.2, 0.25) is 11.8 Å². The summed E-state index contributed by atoms with van der Waals surface area (Å²) in [7, 11) is 1.51. The highest BCUT2D eigenvalue weighted by atomic mass is 35.5. The molecule has 61 heavy (non-hydrogen) atoms. The van der Waals surface area contributed by atoms with Crippen LogP contribution in [0.4, 0.5) is 10.1 Å². The van der Waals surface area contributed by atoms with Crippen LogP contribution in [0, 0.1) is 11.7 Å². The number of aldehydes is 1. The first-order chi connectivity index (χ1) is 29.5. The van der Waals surface area contributed by atoms with Crippen molar-refractivity contribution in [3.63, 3.8) is 0 Å². The Kier molecular flexibility index (Phi) is 14.2. The van der Waals surface area contributed by atoms with Gasteiger partial charge < -0.3 is 31.4 Å². The lowest BCUT2D eigenvalue weighted by molar-refractivity contribution is -0.125. The smallest absolute Gasteiger partial charge is 0.255 e. The normalized spacial score (nSPS) is 19.6. The Hall–Kier alpha value is -5.14. The molecule has 4 aromatic rings. The summed E-state index contributed by atoms with van der Waals surface area (Å²) in [5, 5.41) is 9.14. The van der Waals surface area contributed by atoms with Crippen LogP contribution in [0.25, 0.3) is 0 Å². The molecule has 2 fully saturated rings. The van der Waals surface area contributed by atoms with E-state index >= 15 is 4.39 Å². The van der Waals surface area contributed by atoms with Crippen molar-refractivity contribution in [3.05, 3.63) is 134 Å². The summed E-state index contributed by atoms with van der Waals surface area (Å²) in [6.07, 6.45) is 5.55. The Morgan fingerprint density at radius 1 is 1.00 bits per heavy atom. The minimum absolute atomic E-state index is 0.00973. The minimum atomic E-state index is -0.738. The Morgan fingerprint density at radius 2 is 1.75 bits per heavy atom. The maximum absolute atomic E-state index is 15.7. The lowest BCUT2D eigenvalue weighted by atomic mass is 9.88. The molecule has 7 rings (SSSR count). The molecule has 1 aliphatic carbocycles. The number of carbonyl (C=O) groups excluding carboxylic acids is 5. The predicted octanol–water partition coefficient (Wildman–Crippen LogP) is 7.21. The summed E-state index contributed by atoms with van der Waals surface area (Å²) >= 11 is 12.5. The topological polar surface area (TPSA) is 154 Å². The van der Waals surface area contributed by atoms with Crippen LogP contribution in [0.1, 0.15) is 99.9 Å². The van der Waals surface area contributed by atoms with Gasteiger partial charge in [-0.2, -0.15) is 0 Å². The molecule has 0 radical (unpaired) electrons. The van der Waals surface area contributed by atoms with Crippen LogP contribution in [0.5, 0.6) is 0 Å². The molecule has 2 aliphatic heterocycles. The lowest BCUT2D eigenvalue weighted by Gasteiger charge is -2.32. The number of likely N-dealkylation sites (N-methyl/N-ethyl adjacent to an activating group) is 1. The van der Waals surface area contributed by atoms with Gasteiger partial charge in [0, 0.05) is 72.9 Å². The summed E-state index contributed by atoms with van der Waals surface area (Å²) in [6.45, 7) is 1.37. The van der Waals surface area contributed by atoms with E-state index in [1.807, 2.05) is 24.3 Å². The van der Waals surface area contributed by atoms with Crippen LogP contribution < -0.4 is 21.7 Å². The summed E-state index contributed by atoms with van der Waals surface area (Å²) < 4.78 is 15.7. The maximum Gasteiger partial charge on any atom is 0.255 e. The number of benzene rings is 4. The van der Waals surface area contributed by atoms with E-state index in [0.29, 0.717) is 72.1 Å². The minimum Gasteiger partial charge on any atom is -0.357 e. The molecular formula is C47H51Cl2FN6O5. The molecule has 2 heterocycles. The summed E-state index contributed by atoms with van der Waals surface area (Å²) in [4.78, 5) is 68.1. The standard InChI is InChI=1S/C47H51Cl2FN6O5/c1-52-45(59)41(14-6-22-57)56-27-38-29(7-2-12-36(38)47(56)61)8-5-21-53-44(58)31-19-17-30(18-20-31)40(51)25-34-24-37(35-11-4-13-39(49)42(35)50)43(55(34)26-28-15-16-28)46(60)54-33-10-3-9-32(48)23-33/h2-4,7,9-13,17-20,22-23,28,34,37,40-41,43H,5-6,8,14-16,21,24-27,51H2,1H3,(H,52,59)(H,53,58)(H,54,60)/t34-,37?,40?,41?,43?/m1/s1. The fraction of sp³-hybridized carbons (Fsp3) is 0.383. The van der Waals surface area contributed by atoms with Gasteiger partial charge >= 0.3 is 0 Å². The van der Waals surface area contributed by atoms with Gasteiger partial charge in [0.25, 0.3) is 11.8 Å². The van der Waals surface area contributed by atoms with Crippen molar-refractivity contribution in [1.82, 2.24) is 20.4 Å². The molecule has 4 amide bonds. The van der Waals surface area contributed by atoms with Gasteiger partial charge in [-0.3, -0.25) is 24.1 Å². The number of fused-ring (bicyclic) bond motifs is 1. The number of hydrogen-bond acceptors (Lipinski definition) is 7. The fourth-order valence-electron chi connectivity index (χ4n) is 8.95. The fourth-order valence-corrected chi connectivity index (χ4v) is 9.32. The Bertz CT molecular complexity index is 2270. The summed E-state index contributed by atoms with van der Waals surface area (Å²) in [5.41, 5.74) is 11.6. The molecular weight excluding hydrogens is 818 g/mol. The van der Waals surface area contributed by atoms with Crippen molar-refractivity contribution in [1.29, 1.82) is 0 Å². The second-order valence-corrected chi connectivity index (χ2v) is 17.1. The molecule has 11 nitrogen and oxygen atoms in total. The number of anilines is 1. The third-order valence-corrected chi connectivity index (χ3v) is 12.8. The van der Waals surface area contributed by atoms with Gasteiger partial charge in [0.15, 0.2) is 0 Å². The number of nitrogens with two attached hydrogens (primary N) is 1. The summed E-state index contributed by atoms with van der Waals surface area (Å²) in [6, 6.07) is 22.7. The second kappa shape index (κ2) is 19.7. The third kappa shape index (κ3) is 10.2. The van der Waals surface area contributed by atoms with Crippen LogP contribution in [0.15, 0.2) is 84.9 Å². The maximum atomic E-state index is 15.7. The number of rotatable bonds is 18. The average Bonchev–Trinajstić information content (AvgIpc) is 3.93. The molecule has 320 valence electrons. The van der Waals surface area contributed by atoms with E-state index in [4.69, 9.17) is 28.9 Å². The van der Waals surface area contributed by atoms with Crippen LogP contribution in [0.2, 0.25) is 10.0 Å². The van der Waals surface area contributed by atoms with Crippen molar-refractivity contribution in [3.8, 4) is 0 Å². The summed E-state index contributed by atoms with van der Waals surface area (Å²) in [5.74, 6) is -1.56. The Labute approximate surface area is 365 Å². The molecule has 14 heteroatoms. The zero-order valence-electron chi connectivity index (χ0n) is 34.0. The zero-order valence-corrected chi connectivity index (χ0v) is 35.6. The third-order valence-electron chi connectivity index (χ3n) is 12.3. The Balaban J connectivity index is 0.981. The van der Waals surface area contributed by atoms with Crippen LogP contribution in [-0.2, 0) is 27.3 Å². The first-order valence-corrected chi connectivity index (χ1v) is 21.7. The van der Waals surface area contributed by atoms with Gasteiger partial charge in [-0.15, -0.1) is 0 Å². The quantitative estimate of drug-likeness (QED) is 0.0609. The van der Waals surface area contributed by atoms with Gasteiger partial charge in [-0.05, 0) is 116 Å². The van der Waals surface area contributed by atoms with Crippen molar-refractivity contribution in [2.24, 2.45) is 11.7 Å². The molecule has 5 atom stereocenters. The van der Waals surface area contributed by atoms with Gasteiger partial charge in [0.05, 0.1) is 11.1 Å². The van der Waals surface area contributed by atoms with Crippen molar-refractivity contribution < 1.29 is 28.4 Å². The molecule has 3 aliphatic rings. The van der Waals surface area contributed by atoms with E-state index in [9.17, 15) is 24.0 Å². The highest BCUT2D eigenvalue weighted by Crippen LogP contribution is 2.45. The van der Waals surface area contributed by atoms with Crippen LogP contribution in [0.3, 0.4) is 0 Å². The van der Waals surface area contributed by atoms with Crippen molar-refractivity contribution in [2.45, 2.75) is 88.0 Å². The molecule has 1 saturated heterocycles. The number of carbonyl (C=O) groups is 5. The molecule has 4 unspecified atom stereocenters.